The summed E-state index contributed by atoms with van der Waals surface area (Å²) in [7, 11) is -1.56. The van der Waals surface area contributed by atoms with E-state index in [0.29, 0.717) is 9.22 Å². The van der Waals surface area contributed by atoms with Crippen molar-refractivity contribution in [3.8, 4) is 6.19 Å². The molecule has 9 nitrogen and oxygen atoms in total. The van der Waals surface area contributed by atoms with E-state index >= 15 is 0 Å². The quantitative estimate of drug-likeness (QED) is 0.393. The Morgan fingerprint density at radius 1 is 1.34 bits per heavy atom. The monoisotopic (exact) mass is 476 g/mol. The van der Waals surface area contributed by atoms with Crippen molar-refractivity contribution >= 4 is 34.0 Å². The van der Waals surface area contributed by atoms with Gasteiger partial charge in [0.15, 0.2) is 17.2 Å². The average Bonchev–Trinajstić information content (AvgIpc) is 3.41. The summed E-state index contributed by atoms with van der Waals surface area (Å²) in [6.45, 7) is 7.63. The number of thiazole rings is 1. The van der Waals surface area contributed by atoms with Crippen molar-refractivity contribution in [1.82, 2.24) is 14.7 Å². The minimum atomic E-state index is -1.56. The Morgan fingerprint density at radius 2 is 2.06 bits per heavy atom. The SMILES string of the molecule is CC(C)(O)c1ncc(S(=O)NC#N)s1.CC1(C)CCc2c1nc1c(c2NC(N)=O)CCC1. The molecule has 2 heterocycles. The van der Waals surface area contributed by atoms with E-state index in [1.165, 1.54) is 17.3 Å². The third-order valence-corrected chi connectivity index (χ3v) is 8.10. The van der Waals surface area contributed by atoms with Gasteiger partial charge in [0.1, 0.15) is 14.8 Å². The average molecular weight is 477 g/mol. The summed E-state index contributed by atoms with van der Waals surface area (Å²) in [5.41, 5.74) is 10.1. The van der Waals surface area contributed by atoms with Gasteiger partial charge in [-0.1, -0.05) is 13.8 Å². The van der Waals surface area contributed by atoms with Crippen LogP contribution in [0.15, 0.2) is 10.4 Å². The highest BCUT2D eigenvalue weighted by molar-refractivity contribution is 7.85. The predicted molar refractivity (Wildman–Crippen MR) is 123 cm³/mol. The largest absolute Gasteiger partial charge is 0.383 e. The number of anilines is 1. The molecule has 5 N–H and O–H groups in total. The van der Waals surface area contributed by atoms with Gasteiger partial charge in [0.2, 0.25) is 0 Å². The smallest absolute Gasteiger partial charge is 0.316 e. The lowest BCUT2D eigenvalue weighted by molar-refractivity contribution is 0.0783. The number of aromatic nitrogens is 2. The third-order valence-electron chi connectivity index (χ3n) is 5.54. The van der Waals surface area contributed by atoms with Gasteiger partial charge in [-0.2, -0.15) is 5.26 Å². The molecule has 0 aliphatic heterocycles. The Kier molecular flexibility index (Phi) is 6.88. The molecule has 1 atom stereocenters. The lowest BCUT2D eigenvalue weighted by Gasteiger charge is -2.20. The number of nitrogens with two attached hydrogens (primary N) is 1. The molecule has 2 aromatic heterocycles. The number of primary amides is 1. The van der Waals surface area contributed by atoms with Crippen LogP contribution in [0.1, 0.15) is 68.1 Å². The highest BCUT2D eigenvalue weighted by Gasteiger charge is 2.36. The van der Waals surface area contributed by atoms with Crippen LogP contribution in [0.3, 0.4) is 0 Å². The van der Waals surface area contributed by atoms with E-state index in [4.69, 9.17) is 16.0 Å². The summed E-state index contributed by atoms with van der Waals surface area (Å²) in [4.78, 5) is 20.0. The van der Waals surface area contributed by atoms with Crippen LogP contribution in [0.2, 0.25) is 0 Å². The molecule has 2 amide bonds. The van der Waals surface area contributed by atoms with E-state index in [0.717, 1.165) is 60.5 Å². The maximum atomic E-state index is 11.3. The van der Waals surface area contributed by atoms with E-state index in [2.05, 4.69) is 28.9 Å². The van der Waals surface area contributed by atoms with Gasteiger partial charge in [0.05, 0.1) is 17.6 Å². The van der Waals surface area contributed by atoms with Crippen molar-refractivity contribution in [2.24, 2.45) is 5.73 Å². The Bertz CT molecular complexity index is 1100. The number of hydrogen-bond donors (Lipinski definition) is 4. The number of amides is 2. The van der Waals surface area contributed by atoms with Crippen molar-refractivity contribution in [1.29, 1.82) is 5.26 Å². The number of urea groups is 1. The summed E-state index contributed by atoms with van der Waals surface area (Å²) >= 11 is 1.11. The van der Waals surface area contributed by atoms with E-state index in [9.17, 15) is 14.1 Å². The van der Waals surface area contributed by atoms with Gasteiger partial charge in [-0.25, -0.2) is 18.7 Å². The lowest BCUT2D eigenvalue weighted by atomic mass is 9.90. The number of aryl methyl sites for hydroxylation is 1. The zero-order valence-electron chi connectivity index (χ0n) is 18.6. The maximum absolute atomic E-state index is 11.3. The topological polar surface area (TPSA) is 154 Å². The fourth-order valence-corrected chi connectivity index (χ4v) is 5.62. The molecule has 2 aliphatic rings. The molecule has 4 rings (SSSR count). The van der Waals surface area contributed by atoms with Crippen LogP contribution in [-0.2, 0) is 41.3 Å². The van der Waals surface area contributed by atoms with Crippen LogP contribution in [0.5, 0.6) is 0 Å². The molecule has 32 heavy (non-hydrogen) atoms. The minimum Gasteiger partial charge on any atom is -0.383 e. The van der Waals surface area contributed by atoms with E-state index in [-0.39, 0.29) is 5.41 Å². The molecule has 172 valence electrons. The van der Waals surface area contributed by atoms with Crippen LogP contribution in [0, 0.1) is 11.5 Å². The standard InChI is InChI=1S/C14H19N3O.C7H9N3O2S2/c1-14(2)7-6-9-11(17-13(15)18)8-4-3-5-10(8)16-12(9)14;1-7(2,11)6-9-3-5(13-6)14(12)10-4-8/h3-7H2,1-2H3,(H3,15,16,17,18);3,10-11H,1-2H3. The molecule has 0 saturated carbocycles. The van der Waals surface area contributed by atoms with Gasteiger partial charge in [-0.3, -0.25) is 4.98 Å². The molecule has 0 bridgehead atoms. The summed E-state index contributed by atoms with van der Waals surface area (Å²) < 4.78 is 13.8. The first kappa shape index (κ1) is 24.1. The lowest BCUT2D eigenvalue weighted by Crippen LogP contribution is -2.22. The van der Waals surface area contributed by atoms with Gasteiger partial charge in [-0.15, -0.1) is 11.3 Å². The van der Waals surface area contributed by atoms with Gasteiger partial charge in [0, 0.05) is 11.1 Å². The number of carbonyl (C=O) groups excluding carboxylic acids is 1. The molecule has 0 spiro atoms. The van der Waals surface area contributed by atoms with Gasteiger partial charge >= 0.3 is 6.03 Å². The zero-order chi connectivity index (χ0) is 23.7. The minimum absolute atomic E-state index is 0.112. The van der Waals surface area contributed by atoms with E-state index < -0.39 is 22.6 Å². The highest BCUT2D eigenvalue weighted by Crippen LogP contribution is 2.44. The molecule has 2 aromatic rings. The third kappa shape index (κ3) is 5.09. The number of fused-ring (bicyclic) bond motifs is 2. The second-order valence-corrected chi connectivity index (χ2v) is 11.5. The summed E-state index contributed by atoms with van der Waals surface area (Å²) in [6.07, 6.45) is 8.19. The van der Waals surface area contributed by atoms with Crippen molar-refractivity contribution in [3.05, 3.63) is 33.7 Å². The summed E-state index contributed by atoms with van der Waals surface area (Å²) in [6, 6.07) is -0.470. The molecular formula is C21H28N6O3S2. The first-order valence-electron chi connectivity index (χ1n) is 10.3. The van der Waals surface area contributed by atoms with Crippen LogP contribution in [0.25, 0.3) is 0 Å². The van der Waals surface area contributed by atoms with Crippen LogP contribution < -0.4 is 15.8 Å². The molecular weight excluding hydrogens is 448 g/mol. The van der Waals surface area contributed by atoms with E-state index in [1.807, 2.05) is 0 Å². The molecule has 0 saturated heterocycles. The second-order valence-electron chi connectivity index (χ2n) is 8.99. The fraction of sp³-hybridized carbons (Fsp3) is 0.524. The normalized spacial score (nSPS) is 16.8. The Hall–Kier alpha value is -2.55. The van der Waals surface area contributed by atoms with Crippen LogP contribution in [0.4, 0.5) is 10.5 Å². The first-order chi connectivity index (χ1) is 14.9. The molecule has 0 aromatic carbocycles. The molecule has 1 unspecified atom stereocenters. The zero-order valence-corrected chi connectivity index (χ0v) is 20.2. The summed E-state index contributed by atoms with van der Waals surface area (Å²) in [5.74, 6) is 0. The summed E-state index contributed by atoms with van der Waals surface area (Å²) in [5, 5.41) is 21.1. The first-order valence-corrected chi connectivity index (χ1v) is 12.3. The van der Waals surface area contributed by atoms with Gasteiger partial charge in [0.25, 0.3) is 0 Å². The van der Waals surface area contributed by atoms with Gasteiger partial charge < -0.3 is 16.2 Å². The number of pyridine rings is 1. The number of nitriles is 1. The van der Waals surface area contributed by atoms with Crippen molar-refractivity contribution in [3.63, 3.8) is 0 Å². The number of nitrogens with one attached hydrogen (secondary N) is 2. The molecule has 11 heteroatoms. The molecule has 0 fully saturated rings. The molecule has 0 radical (unpaired) electrons. The number of hydrogen-bond acceptors (Lipinski definition) is 7. The Labute approximate surface area is 194 Å². The van der Waals surface area contributed by atoms with Crippen molar-refractivity contribution in [2.75, 3.05) is 5.32 Å². The highest BCUT2D eigenvalue weighted by atomic mass is 32.2. The predicted octanol–water partition coefficient (Wildman–Crippen LogP) is 2.75. The number of carbonyl (C=O) groups is 1. The second kappa shape index (κ2) is 9.13. The number of nitrogens with zero attached hydrogens (tertiary/aromatic N) is 3. The van der Waals surface area contributed by atoms with Crippen LogP contribution >= 0.6 is 11.3 Å². The van der Waals surface area contributed by atoms with Gasteiger partial charge in [-0.05, 0) is 57.1 Å². The Balaban J connectivity index is 0.000000188. The van der Waals surface area contributed by atoms with Crippen molar-refractivity contribution < 1.29 is 14.1 Å². The van der Waals surface area contributed by atoms with E-state index in [1.54, 1.807) is 20.0 Å². The molecule has 2 aliphatic carbocycles. The Morgan fingerprint density at radius 3 is 2.66 bits per heavy atom. The fourth-order valence-electron chi connectivity index (χ4n) is 3.98. The number of aliphatic hydroxyl groups is 1. The number of rotatable bonds is 4. The maximum Gasteiger partial charge on any atom is 0.316 e. The van der Waals surface area contributed by atoms with Crippen molar-refractivity contribution in [2.45, 2.75) is 75.0 Å². The van der Waals surface area contributed by atoms with Crippen LogP contribution in [-0.4, -0.2) is 25.3 Å².